The van der Waals surface area contributed by atoms with Crippen LogP contribution in [0.4, 0.5) is 11.5 Å². The van der Waals surface area contributed by atoms with E-state index in [0.717, 1.165) is 58.3 Å². The van der Waals surface area contributed by atoms with Crippen molar-refractivity contribution in [2.45, 2.75) is 6.92 Å². The Kier molecular flexibility index (Phi) is 5.25. The van der Waals surface area contributed by atoms with Gasteiger partial charge in [-0.05, 0) is 36.8 Å². The Hall–Kier alpha value is -2.60. The van der Waals surface area contributed by atoms with E-state index in [4.69, 9.17) is 4.74 Å². The van der Waals surface area contributed by atoms with Gasteiger partial charge in [0.15, 0.2) is 0 Å². The molecule has 2 aliphatic rings. The monoisotopic (exact) mass is 366 g/mol. The molecule has 6 heteroatoms. The second-order valence-electron chi connectivity index (χ2n) is 7.12. The summed E-state index contributed by atoms with van der Waals surface area (Å²) in [6, 6.07) is 12.4. The molecule has 2 saturated heterocycles. The van der Waals surface area contributed by atoms with Gasteiger partial charge in [0, 0.05) is 51.2 Å². The number of anilines is 2. The average Bonchev–Trinajstić information content (AvgIpc) is 2.74. The van der Waals surface area contributed by atoms with E-state index in [1.807, 2.05) is 17.0 Å². The maximum atomic E-state index is 12.8. The van der Waals surface area contributed by atoms with Crippen LogP contribution in [0, 0.1) is 6.92 Å². The van der Waals surface area contributed by atoms with Gasteiger partial charge >= 0.3 is 0 Å². The molecular weight excluding hydrogens is 340 g/mol. The summed E-state index contributed by atoms with van der Waals surface area (Å²) in [5.41, 5.74) is 3.16. The number of nitrogens with zero attached hydrogens (tertiary/aromatic N) is 4. The topological polar surface area (TPSA) is 48.9 Å². The first-order valence-electron chi connectivity index (χ1n) is 9.60. The Bertz CT molecular complexity index is 779. The molecule has 1 aromatic heterocycles. The van der Waals surface area contributed by atoms with E-state index < -0.39 is 0 Å². The number of rotatable bonds is 3. The van der Waals surface area contributed by atoms with Crippen molar-refractivity contribution in [3.63, 3.8) is 0 Å². The third kappa shape index (κ3) is 4.06. The normalized spacial score (nSPS) is 17.9. The highest BCUT2D eigenvalue weighted by Gasteiger charge is 2.23. The summed E-state index contributed by atoms with van der Waals surface area (Å²) in [6.07, 6.45) is 1.71. The van der Waals surface area contributed by atoms with Crippen molar-refractivity contribution in [1.82, 2.24) is 9.88 Å². The molecule has 2 aromatic rings. The van der Waals surface area contributed by atoms with Crippen LogP contribution in [0.5, 0.6) is 0 Å². The number of morpholine rings is 1. The minimum absolute atomic E-state index is 0.0694. The number of benzene rings is 1. The van der Waals surface area contributed by atoms with Crippen molar-refractivity contribution in [1.29, 1.82) is 0 Å². The van der Waals surface area contributed by atoms with Crippen LogP contribution < -0.4 is 9.80 Å². The number of hydrogen-bond acceptors (Lipinski definition) is 5. The van der Waals surface area contributed by atoms with Gasteiger partial charge in [-0.3, -0.25) is 4.79 Å². The number of aryl methyl sites for hydroxylation is 1. The first-order chi connectivity index (χ1) is 13.2. The Morgan fingerprint density at radius 3 is 2.41 bits per heavy atom. The molecule has 1 aromatic carbocycles. The van der Waals surface area contributed by atoms with Gasteiger partial charge in [-0.15, -0.1) is 0 Å². The second kappa shape index (κ2) is 7.96. The quantitative estimate of drug-likeness (QED) is 0.833. The van der Waals surface area contributed by atoms with Gasteiger partial charge in [-0.1, -0.05) is 12.1 Å². The van der Waals surface area contributed by atoms with Gasteiger partial charge in [0.2, 0.25) is 0 Å². The number of carbonyl (C=O) groups is 1. The fourth-order valence-corrected chi connectivity index (χ4v) is 3.67. The third-order valence-electron chi connectivity index (χ3n) is 5.26. The summed E-state index contributed by atoms with van der Waals surface area (Å²) in [5, 5.41) is 0. The maximum absolute atomic E-state index is 12.8. The first kappa shape index (κ1) is 17.8. The SMILES string of the molecule is Cc1cccc(N2CCN(C(=O)c3ccc(N4CCOCC4)nc3)CC2)c1. The molecule has 3 heterocycles. The maximum Gasteiger partial charge on any atom is 0.255 e. The Morgan fingerprint density at radius 2 is 1.74 bits per heavy atom. The van der Waals surface area contributed by atoms with E-state index in [2.05, 4.69) is 46.0 Å². The smallest absolute Gasteiger partial charge is 0.255 e. The fraction of sp³-hybridized carbons (Fsp3) is 0.429. The van der Waals surface area contributed by atoms with Crippen LogP contribution in [0.25, 0.3) is 0 Å². The molecule has 0 unspecified atom stereocenters. The van der Waals surface area contributed by atoms with E-state index in [1.54, 1.807) is 6.20 Å². The molecule has 1 amide bonds. The van der Waals surface area contributed by atoms with Crippen LogP contribution in [0.3, 0.4) is 0 Å². The van der Waals surface area contributed by atoms with Gasteiger partial charge in [0.25, 0.3) is 5.91 Å². The summed E-state index contributed by atoms with van der Waals surface area (Å²) in [7, 11) is 0. The zero-order valence-corrected chi connectivity index (χ0v) is 15.8. The van der Waals surface area contributed by atoms with Crippen LogP contribution in [0.2, 0.25) is 0 Å². The van der Waals surface area contributed by atoms with Crippen LogP contribution in [-0.2, 0) is 4.74 Å². The van der Waals surface area contributed by atoms with E-state index in [1.165, 1.54) is 11.3 Å². The second-order valence-corrected chi connectivity index (χ2v) is 7.12. The average molecular weight is 366 g/mol. The Balaban J connectivity index is 1.36. The molecule has 0 N–H and O–H groups in total. The highest BCUT2D eigenvalue weighted by Crippen LogP contribution is 2.19. The minimum Gasteiger partial charge on any atom is -0.378 e. The standard InChI is InChI=1S/C21H26N4O2/c1-17-3-2-4-19(15-17)23-7-9-25(10-8-23)21(26)18-5-6-20(22-16-18)24-11-13-27-14-12-24/h2-6,15-16H,7-14H2,1H3. The van der Waals surface area contributed by atoms with Crippen molar-refractivity contribution in [2.75, 3.05) is 62.3 Å². The third-order valence-corrected chi connectivity index (χ3v) is 5.26. The summed E-state index contributed by atoms with van der Waals surface area (Å²) in [4.78, 5) is 23.8. The lowest BCUT2D eigenvalue weighted by molar-refractivity contribution is 0.0746. The van der Waals surface area contributed by atoms with E-state index in [0.29, 0.717) is 5.56 Å². The van der Waals surface area contributed by atoms with Crippen LogP contribution >= 0.6 is 0 Å². The Labute approximate surface area is 160 Å². The van der Waals surface area contributed by atoms with Crippen molar-refractivity contribution in [2.24, 2.45) is 0 Å². The molecule has 0 bridgehead atoms. The van der Waals surface area contributed by atoms with Gasteiger partial charge < -0.3 is 19.4 Å². The number of piperazine rings is 1. The summed E-state index contributed by atoms with van der Waals surface area (Å²) in [6.45, 7) is 8.44. The van der Waals surface area contributed by atoms with Gasteiger partial charge in [-0.2, -0.15) is 0 Å². The van der Waals surface area contributed by atoms with Crippen molar-refractivity contribution >= 4 is 17.4 Å². The minimum atomic E-state index is 0.0694. The van der Waals surface area contributed by atoms with Crippen molar-refractivity contribution in [3.05, 3.63) is 53.7 Å². The summed E-state index contributed by atoms with van der Waals surface area (Å²) in [5.74, 6) is 0.985. The zero-order valence-electron chi connectivity index (χ0n) is 15.8. The molecule has 0 aliphatic carbocycles. The van der Waals surface area contributed by atoms with Crippen LogP contribution in [0.1, 0.15) is 15.9 Å². The molecule has 0 spiro atoms. The number of amides is 1. The molecule has 142 valence electrons. The predicted molar refractivity (Wildman–Crippen MR) is 107 cm³/mol. The van der Waals surface area contributed by atoms with Gasteiger partial charge in [0.05, 0.1) is 18.8 Å². The molecule has 2 aliphatic heterocycles. The molecule has 0 radical (unpaired) electrons. The molecule has 0 saturated carbocycles. The zero-order chi connectivity index (χ0) is 18.6. The largest absolute Gasteiger partial charge is 0.378 e. The number of carbonyl (C=O) groups excluding carboxylic acids is 1. The van der Waals surface area contributed by atoms with E-state index in [-0.39, 0.29) is 5.91 Å². The fourth-order valence-electron chi connectivity index (χ4n) is 3.67. The molecule has 2 fully saturated rings. The highest BCUT2D eigenvalue weighted by molar-refractivity contribution is 5.94. The van der Waals surface area contributed by atoms with Crippen LogP contribution in [0.15, 0.2) is 42.6 Å². The molecule has 27 heavy (non-hydrogen) atoms. The lowest BCUT2D eigenvalue weighted by Crippen LogP contribution is -2.48. The Morgan fingerprint density at radius 1 is 0.963 bits per heavy atom. The molecule has 6 nitrogen and oxygen atoms in total. The summed E-state index contributed by atoms with van der Waals surface area (Å²) >= 11 is 0. The molecular formula is C21H26N4O2. The van der Waals surface area contributed by atoms with Crippen molar-refractivity contribution < 1.29 is 9.53 Å². The number of hydrogen-bond donors (Lipinski definition) is 0. The number of aromatic nitrogens is 1. The first-order valence-corrected chi connectivity index (χ1v) is 9.60. The lowest BCUT2D eigenvalue weighted by Gasteiger charge is -2.36. The van der Waals surface area contributed by atoms with Crippen molar-refractivity contribution in [3.8, 4) is 0 Å². The molecule has 4 rings (SSSR count). The highest BCUT2D eigenvalue weighted by atomic mass is 16.5. The lowest BCUT2D eigenvalue weighted by atomic mass is 10.1. The van der Waals surface area contributed by atoms with E-state index in [9.17, 15) is 4.79 Å². The van der Waals surface area contributed by atoms with Gasteiger partial charge in [-0.25, -0.2) is 4.98 Å². The molecule has 0 atom stereocenters. The van der Waals surface area contributed by atoms with Crippen LogP contribution in [-0.4, -0.2) is 68.3 Å². The van der Waals surface area contributed by atoms with Gasteiger partial charge in [0.1, 0.15) is 5.82 Å². The predicted octanol–water partition coefficient (Wildman–Crippen LogP) is 2.19. The van der Waals surface area contributed by atoms with E-state index >= 15 is 0 Å². The summed E-state index contributed by atoms with van der Waals surface area (Å²) < 4.78 is 5.38. The number of ether oxygens (including phenoxy) is 1. The number of pyridine rings is 1.